The smallest absolute Gasteiger partial charge is 0.107 e. The normalized spacial score (nSPS) is 26.0. The van der Waals surface area contributed by atoms with Crippen molar-refractivity contribution in [2.75, 3.05) is 13.2 Å². The van der Waals surface area contributed by atoms with E-state index in [9.17, 15) is 0 Å². The number of hydrogen-bond donors (Lipinski definition) is 1. The maximum atomic E-state index is 5.52. The molecule has 1 saturated heterocycles. The molecule has 1 aliphatic heterocycles. The van der Waals surface area contributed by atoms with Gasteiger partial charge in [0, 0.05) is 30.8 Å². The standard InChI is InChI=1S/C11H18N2OS/c1-8-7-15-11(13-8)6-12-5-10-3-4-14-9(10)2/h7,9-10,12H,3-6H2,1-2H3. The van der Waals surface area contributed by atoms with Gasteiger partial charge < -0.3 is 10.1 Å². The van der Waals surface area contributed by atoms with Crippen LogP contribution in [0.4, 0.5) is 0 Å². The predicted octanol–water partition coefficient (Wildman–Crippen LogP) is 1.97. The summed E-state index contributed by atoms with van der Waals surface area (Å²) in [6, 6.07) is 0. The van der Waals surface area contributed by atoms with Gasteiger partial charge in [-0.3, -0.25) is 0 Å². The Kier molecular flexibility index (Phi) is 3.72. The molecule has 0 saturated carbocycles. The molecule has 1 aromatic rings. The van der Waals surface area contributed by atoms with Crippen molar-refractivity contribution in [3.63, 3.8) is 0 Å². The Balaban J connectivity index is 1.70. The molecule has 2 atom stereocenters. The molecule has 0 aromatic carbocycles. The quantitative estimate of drug-likeness (QED) is 0.852. The first kappa shape index (κ1) is 11.0. The van der Waals surface area contributed by atoms with Crippen LogP contribution >= 0.6 is 11.3 Å². The van der Waals surface area contributed by atoms with Crippen molar-refractivity contribution in [2.45, 2.75) is 32.9 Å². The first-order valence-electron chi connectivity index (χ1n) is 5.49. The highest BCUT2D eigenvalue weighted by Crippen LogP contribution is 2.19. The van der Waals surface area contributed by atoms with Gasteiger partial charge in [0.05, 0.1) is 6.10 Å². The van der Waals surface area contributed by atoms with E-state index in [0.717, 1.165) is 25.4 Å². The van der Waals surface area contributed by atoms with Crippen LogP contribution in [0.25, 0.3) is 0 Å². The minimum absolute atomic E-state index is 0.413. The molecule has 0 amide bonds. The number of thiazole rings is 1. The molecule has 0 radical (unpaired) electrons. The van der Waals surface area contributed by atoms with Crippen molar-refractivity contribution in [1.29, 1.82) is 0 Å². The van der Waals surface area contributed by atoms with E-state index >= 15 is 0 Å². The summed E-state index contributed by atoms with van der Waals surface area (Å²) in [6.45, 7) is 7.05. The highest BCUT2D eigenvalue weighted by molar-refractivity contribution is 7.09. The molecule has 0 aliphatic carbocycles. The van der Waals surface area contributed by atoms with Gasteiger partial charge in [-0.15, -0.1) is 11.3 Å². The molecule has 3 nitrogen and oxygen atoms in total. The lowest BCUT2D eigenvalue weighted by Gasteiger charge is -2.13. The van der Waals surface area contributed by atoms with E-state index in [2.05, 4.69) is 22.6 Å². The van der Waals surface area contributed by atoms with Crippen molar-refractivity contribution < 1.29 is 4.74 Å². The van der Waals surface area contributed by atoms with Gasteiger partial charge in [-0.1, -0.05) is 0 Å². The van der Waals surface area contributed by atoms with Crippen LogP contribution in [0, 0.1) is 12.8 Å². The van der Waals surface area contributed by atoms with E-state index in [-0.39, 0.29) is 0 Å². The van der Waals surface area contributed by atoms with Gasteiger partial charge in [0.15, 0.2) is 0 Å². The maximum Gasteiger partial charge on any atom is 0.107 e. The number of nitrogens with one attached hydrogen (secondary N) is 1. The van der Waals surface area contributed by atoms with E-state index in [0.29, 0.717) is 12.0 Å². The average molecular weight is 226 g/mol. The topological polar surface area (TPSA) is 34.1 Å². The van der Waals surface area contributed by atoms with Crippen molar-refractivity contribution in [3.05, 3.63) is 16.1 Å². The second-order valence-electron chi connectivity index (χ2n) is 4.14. The lowest BCUT2D eigenvalue weighted by Crippen LogP contribution is -2.26. The van der Waals surface area contributed by atoms with Gasteiger partial charge in [0.25, 0.3) is 0 Å². The van der Waals surface area contributed by atoms with Crippen LogP contribution in [0.5, 0.6) is 0 Å². The first-order valence-corrected chi connectivity index (χ1v) is 6.37. The Morgan fingerprint density at radius 3 is 3.13 bits per heavy atom. The number of aromatic nitrogens is 1. The molecule has 84 valence electrons. The van der Waals surface area contributed by atoms with Gasteiger partial charge in [-0.2, -0.15) is 0 Å². The fourth-order valence-corrected chi connectivity index (χ4v) is 2.63. The summed E-state index contributed by atoms with van der Waals surface area (Å²) in [4.78, 5) is 4.42. The molecule has 15 heavy (non-hydrogen) atoms. The summed E-state index contributed by atoms with van der Waals surface area (Å²) >= 11 is 1.73. The number of ether oxygens (including phenoxy) is 1. The van der Waals surface area contributed by atoms with Crippen molar-refractivity contribution in [1.82, 2.24) is 10.3 Å². The zero-order valence-electron chi connectivity index (χ0n) is 9.32. The molecular weight excluding hydrogens is 208 g/mol. The summed E-state index contributed by atoms with van der Waals surface area (Å²) in [5, 5.41) is 6.73. The number of nitrogens with zero attached hydrogens (tertiary/aromatic N) is 1. The molecule has 1 aliphatic rings. The van der Waals surface area contributed by atoms with Crippen molar-refractivity contribution >= 4 is 11.3 Å². The Bertz CT molecular complexity index is 313. The fraction of sp³-hybridized carbons (Fsp3) is 0.727. The van der Waals surface area contributed by atoms with Crippen LogP contribution in [0.2, 0.25) is 0 Å². The summed E-state index contributed by atoms with van der Waals surface area (Å²) in [5.74, 6) is 0.672. The monoisotopic (exact) mass is 226 g/mol. The third-order valence-corrected chi connectivity index (χ3v) is 3.85. The molecule has 1 fully saturated rings. The summed E-state index contributed by atoms with van der Waals surface area (Å²) in [7, 11) is 0. The van der Waals surface area contributed by atoms with Crippen LogP contribution in [0.15, 0.2) is 5.38 Å². The van der Waals surface area contributed by atoms with Crippen LogP contribution < -0.4 is 5.32 Å². The van der Waals surface area contributed by atoms with E-state index < -0.39 is 0 Å². The summed E-state index contributed by atoms with van der Waals surface area (Å²) in [6.07, 6.45) is 1.60. The van der Waals surface area contributed by atoms with E-state index in [1.807, 2.05) is 6.92 Å². The molecule has 1 N–H and O–H groups in total. The fourth-order valence-electron chi connectivity index (χ4n) is 1.89. The summed E-state index contributed by atoms with van der Waals surface area (Å²) < 4.78 is 5.52. The zero-order chi connectivity index (χ0) is 10.7. The van der Waals surface area contributed by atoms with Crippen LogP contribution in [-0.2, 0) is 11.3 Å². The van der Waals surface area contributed by atoms with Crippen LogP contribution in [-0.4, -0.2) is 24.2 Å². The Morgan fingerprint density at radius 2 is 2.53 bits per heavy atom. The number of rotatable bonds is 4. The minimum atomic E-state index is 0.413. The molecule has 4 heteroatoms. The first-order chi connectivity index (χ1) is 7.25. The molecule has 1 aromatic heterocycles. The van der Waals surface area contributed by atoms with Gasteiger partial charge in [-0.05, 0) is 26.2 Å². The second-order valence-corrected chi connectivity index (χ2v) is 5.08. The lowest BCUT2D eigenvalue weighted by atomic mass is 10.0. The predicted molar refractivity (Wildman–Crippen MR) is 62.1 cm³/mol. The largest absolute Gasteiger partial charge is 0.378 e. The molecule has 0 spiro atoms. The maximum absolute atomic E-state index is 5.52. The van der Waals surface area contributed by atoms with Crippen LogP contribution in [0.3, 0.4) is 0 Å². The van der Waals surface area contributed by atoms with E-state index in [1.165, 1.54) is 11.4 Å². The molecule has 2 unspecified atom stereocenters. The molecular formula is C11H18N2OS. The SMILES string of the molecule is Cc1csc(CNCC2CCOC2C)n1. The van der Waals surface area contributed by atoms with E-state index in [1.54, 1.807) is 11.3 Å². The zero-order valence-corrected chi connectivity index (χ0v) is 10.1. The number of aryl methyl sites for hydroxylation is 1. The van der Waals surface area contributed by atoms with Crippen molar-refractivity contribution in [3.8, 4) is 0 Å². The van der Waals surface area contributed by atoms with Gasteiger partial charge in [0.2, 0.25) is 0 Å². The average Bonchev–Trinajstić information content (AvgIpc) is 2.77. The third kappa shape index (κ3) is 3.00. The molecule has 2 rings (SSSR count). The van der Waals surface area contributed by atoms with Crippen molar-refractivity contribution in [2.24, 2.45) is 5.92 Å². The van der Waals surface area contributed by atoms with Gasteiger partial charge in [-0.25, -0.2) is 4.98 Å². The summed E-state index contributed by atoms with van der Waals surface area (Å²) in [5.41, 5.74) is 1.12. The van der Waals surface area contributed by atoms with Gasteiger partial charge >= 0.3 is 0 Å². The lowest BCUT2D eigenvalue weighted by molar-refractivity contribution is 0.105. The Hall–Kier alpha value is -0.450. The van der Waals surface area contributed by atoms with Crippen LogP contribution in [0.1, 0.15) is 24.0 Å². The third-order valence-electron chi connectivity index (χ3n) is 2.88. The highest BCUT2D eigenvalue weighted by Gasteiger charge is 2.23. The molecule has 2 heterocycles. The molecule has 0 bridgehead atoms. The van der Waals surface area contributed by atoms with Gasteiger partial charge in [0.1, 0.15) is 5.01 Å². The Labute approximate surface area is 94.9 Å². The minimum Gasteiger partial charge on any atom is -0.378 e. The van der Waals surface area contributed by atoms with E-state index in [4.69, 9.17) is 4.74 Å². The number of hydrogen-bond acceptors (Lipinski definition) is 4. The Morgan fingerprint density at radius 1 is 1.67 bits per heavy atom. The highest BCUT2D eigenvalue weighted by atomic mass is 32.1. The second kappa shape index (κ2) is 5.05.